The van der Waals surface area contributed by atoms with E-state index in [0.717, 1.165) is 35.2 Å². The first-order valence-electron chi connectivity index (χ1n) is 8.36. The average Bonchev–Trinajstić information content (AvgIpc) is 3.38. The first kappa shape index (κ1) is 14.8. The number of hydrogen-bond donors (Lipinski definition) is 1. The number of aromatic nitrogens is 1. The highest BCUT2D eigenvalue weighted by molar-refractivity contribution is 5.94. The number of carbonyl (C=O) groups is 1. The minimum Gasteiger partial charge on any atom is -0.364 e. The number of nitrogens with zero attached hydrogens (tertiary/aromatic N) is 1. The van der Waals surface area contributed by atoms with E-state index < -0.39 is 0 Å². The Morgan fingerprint density at radius 1 is 1.00 bits per heavy atom. The van der Waals surface area contributed by atoms with E-state index in [1.807, 2.05) is 36.4 Å². The van der Waals surface area contributed by atoms with Crippen molar-refractivity contribution in [3.05, 3.63) is 83.6 Å². The minimum absolute atomic E-state index is 0.338. The molecule has 0 atom stereocenters. The molecule has 3 heteroatoms. The van der Waals surface area contributed by atoms with Crippen molar-refractivity contribution >= 4 is 5.91 Å². The molecule has 0 aliphatic heterocycles. The molecule has 1 aromatic heterocycles. The SMILES string of the molecule is NC(=O)c1c(C2CC2)cc(-c2ccccc2)n1Cc1ccccc1. The van der Waals surface area contributed by atoms with Crippen LogP contribution in [0.4, 0.5) is 0 Å². The summed E-state index contributed by atoms with van der Waals surface area (Å²) in [6.07, 6.45) is 2.29. The Labute approximate surface area is 141 Å². The molecule has 0 bridgehead atoms. The van der Waals surface area contributed by atoms with Gasteiger partial charge in [0.2, 0.25) is 0 Å². The zero-order valence-corrected chi connectivity index (χ0v) is 13.5. The molecule has 0 saturated heterocycles. The predicted molar refractivity (Wildman–Crippen MR) is 95.9 cm³/mol. The number of rotatable bonds is 5. The van der Waals surface area contributed by atoms with Gasteiger partial charge in [-0.15, -0.1) is 0 Å². The van der Waals surface area contributed by atoms with Gasteiger partial charge >= 0.3 is 0 Å². The molecule has 0 unspecified atom stereocenters. The summed E-state index contributed by atoms with van der Waals surface area (Å²) in [6, 6.07) is 22.6. The van der Waals surface area contributed by atoms with Crippen molar-refractivity contribution in [2.45, 2.75) is 25.3 Å². The fourth-order valence-corrected chi connectivity index (χ4v) is 3.33. The molecule has 1 heterocycles. The molecule has 24 heavy (non-hydrogen) atoms. The molecule has 0 spiro atoms. The smallest absolute Gasteiger partial charge is 0.265 e. The number of carbonyl (C=O) groups excluding carboxylic acids is 1. The zero-order chi connectivity index (χ0) is 16.5. The highest BCUT2D eigenvalue weighted by Gasteiger charge is 2.31. The van der Waals surface area contributed by atoms with E-state index in [1.54, 1.807) is 0 Å². The third kappa shape index (κ3) is 2.73. The van der Waals surface area contributed by atoms with Crippen molar-refractivity contribution in [2.24, 2.45) is 5.73 Å². The van der Waals surface area contributed by atoms with E-state index in [0.29, 0.717) is 18.2 Å². The zero-order valence-electron chi connectivity index (χ0n) is 13.5. The molecule has 4 rings (SSSR count). The van der Waals surface area contributed by atoms with Gasteiger partial charge in [-0.1, -0.05) is 60.7 Å². The molecule has 3 aromatic rings. The second kappa shape index (κ2) is 6.00. The Balaban J connectivity index is 1.88. The second-order valence-electron chi connectivity index (χ2n) is 6.41. The van der Waals surface area contributed by atoms with Gasteiger partial charge in [0, 0.05) is 12.2 Å². The lowest BCUT2D eigenvalue weighted by Crippen LogP contribution is -2.19. The van der Waals surface area contributed by atoms with E-state index in [2.05, 4.69) is 34.9 Å². The number of nitrogens with two attached hydrogens (primary N) is 1. The average molecular weight is 316 g/mol. The quantitative estimate of drug-likeness (QED) is 0.754. The van der Waals surface area contributed by atoms with E-state index in [9.17, 15) is 4.79 Å². The van der Waals surface area contributed by atoms with Gasteiger partial charge in [-0.3, -0.25) is 4.79 Å². The number of hydrogen-bond acceptors (Lipinski definition) is 1. The van der Waals surface area contributed by atoms with Gasteiger partial charge in [0.1, 0.15) is 5.69 Å². The first-order chi connectivity index (χ1) is 11.7. The minimum atomic E-state index is -0.338. The van der Waals surface area contributed by atoms with E-state index in [-0.39, 0.29) is 5.91 Å². The number of primary amides is 1. The van der Waals surface area contributed by atoms with Gasteiger partial charge in [0.05, 0.1) is 0 Å². The van der Waals surface area contributed by atoms with Crippen LogP contribution in [0.1, 0.15) is 40.4 Å². The van der Waals surface area contributed by atoms with Gasteiger partial charge in [0.15, 0.2) is 0 Å². The summed E-state index contributed by atoms with van der Waals surface area (Å²) in [5, 5.41) is 0. The molecule has 1 aliphatic rings. The van der Waals surface area contributed by atoms with E-state index in [4.69, 9.17) is 5.73 Å². The molecule has 2 N–H and O–H groups in total. The van der Waals surface area contributed by atoms with Gasteiger partial charge in [-0.25, -0.2) is 0 Å². The predicted octanol–water partition coefficient (Wildman–Crippen LogP) is 4.18. The van der Waals surface area contributed by atoms with E-state index in [1.165, 1.54) is 0 Å². The van der Waals surface area contributed by atoms with Crippen LogP contribution in [0.2, 0.25) is 0 Å². The standard InChI is InChI=1S/C21H20N2O/c22-21(24)20-18(16-11-12-16)13-19(17-9-5-2-6-10-17)23(20)14-15-7-3-1-4-8-15/h1-10,13,16H,11-12,14H2,(H2,22,24). The molecule has 1 amide bonds. The highest BCUT2D eigenvalue weighted by Crippen LogP contribution is 2.44. The molecule has 0 radical (unpaired) electrons. The van der Waals surface area contributed by atoms with Gasteiger partial charge in [-0.05, 0) is 41.5 Å². The van der Waals surface area contributed by atoms with Crippen LogP contribution in [0.5, 0.6) is 0 Å². The number of amides is 1. The Kier molecular flexibility index (Phi) is 3.69. The molecule has 1 aliphatic carbocycles. The van der Waals surface area contributed by atoms with Gasteiger partial charge in [-0.2, -0.15) is 0 Å². The maximum atomic E-state index is 12.2. The van der Waals surface area contributed by atoms with Crippen LogP contribution >= 0.6 is 0 Å². The highest BCUT2D eigenvalue weighted by atomic mass is 16.1. The van der Waals surface area contributed by atoms with Crippen molar-refractivity contribution in [2.75, 3.05) is 0 Å². The fourth-order valence-electron chi connectivity index (χ4n) is 3.33. The largest absolute Gasteiger partial charge is 0.364 e. The molecule has 3 nitrogen and oxygen atoms in total. The first-order valence-corrected chi connectivity index (χ1v) is 8.36. The fraction of sp³-hybridized carbons (Fsp3) is 0.190. The Morgan fingerprint density at radius 2 is 1.62 bits per heavy atom. The van der Waals surface area contributed by atoms with Gasteiger partial charge in [0.25, 0.3) is 5.91 Å². The molecule has 120 valence electrons. The Morgan fingerprint density at radius 3 is 2.21 bits per heavy atom. The third-order valence-corrected chi connectivity index (χ3v) is 4.63. The molecule has 1 fully saturated rings. The summed E-state index contributed by atoms with van der Waals surface area (Å²) in [5.41, 5.74) is 10.9. The van der Waals surface area contributed by atoms with Crippen LogP contribution in [0.25, 0.3) is 11.3 Å². The van der Waals surface area contributed by atoms with Crippen LogP contribution in [0, 0.1) is 0 Å². The summed E-state index contributed by atoms with van der Waals surface area (Å²) in [7, 11) is 0. The summed E-state index contributed by atoms with van der Waals surface area (Å²) in [5.74, 6) is 0.141. The van der Waals surface area contributed by atoms with Crippen molar-refractivity contribution < 1.29 is 4.79 Å². The lowest BCUT2D eigenvalue weighted by atomic mass is 10.1. The van der Waals surface area contributed by atoms with Crippen molar-refractivity contribution in [1.82, 2.24) is 4.57 Å². The second-order valence-corrected chi connectivity index (χ2v) is 6.41. The normalized spacial score (nSPS) is 13.8. The molecular weight excluding hydrogens is 296 g/mol. The van der Waals surface area contributed by atoms with Crippen LogP contribution in [-0.4, -0.2) is 10.5 Å². The van der Waals surface area contributed by atoms with Crippen LogP contribution < -0.4 is 5.73 Å². The Hall–Kier alpha value is -2.81. The van der Waals surface area contributed by atoms with Crippen LogP contribution in [0.3, 0.4) is 0 Å². The summed E-state index contributed by atoms with van der Waals surface area (Å²) >= 11 is 0. The van der Waals surface area contributed by atoms with Crippen LogP contribution in [-0.2, 0) is 6.54 Å². The summed E-state index contributed by atoms with van der Waals surface area (Å²) < 4.78 is 2.08. The van der Waals surface area contributed by atoms with Crippen molar-refractivity contribution in [3.8, 4) is 11.3 Å². The Bertz CT molecular complexity index is 862. The molecular formula is C21H20N2O. The monoisotopic (exact) mass is 316 g/mol. The van der Waals surface area contributed by atoms with Crippen molar-refractivity contribution in [1.29, 1.82) is 0 Å². The third-order valence-electron chi connectivity index (χ3n) is 4.63. The number of benzene rings is 2. The topological polar surface area (TPSA) is 48.0 Å². The molecule has 1 saturated carbocycles. The van der Waals surface area contributed by atoms with Crippen LogP contribution in [0.15, 0.2) is 66.7 Å². The summed E-state index contributed by atoms with van der Waals surface area (Å²) in [4.78, 5) is 12.2. The van der Waals surface area contributed by atoms with Gasteiger partial charge < -0.3 is 10.3 Å². The maximum absolute atomic E-state index is 12.2. The maximum Gasteiger partial charge on any atom is 0.265 e. The van der Waals surface area contributed by atoms with Crippen molar-refractivity contribution in [3.63, 3.8) is 0 Å². The summed E-state index contributed by atoms with van der Waals surface area (Å²) in [6.45, 7) is 0.649. The molecule has 2 aromatic carbocycles. The lowest BCUT2D eigenvalue weighted by Gasteiger charge is -2.13. The van der Waals surface area contributed by atoms with E-state index >= 15 is 0 Å². The lowest BCUT2D eigenvalue weighted by molar-refractivity contribution is 0.0991.